The summed E-state index contributed by atoms with van der Waals surface area (Å²) in [6, 6.07) is 6.56. The number of likely N-dealkylation sites (N-methyl/N-ethyl adjacent to an activating group) is 1. The molecule has 0 radical (unpaired) electrons. The van der Waals surface area contributed by atoms with Crippen LogP contribution in [0.4, 0.5) is 11.5 Å². The molecule has 0 aliphatic heterocycles. The lowest BCUT2D eigenvalue weighted by atomic mass is 10.1. The Morgan fingerprint density at radius 3 is 2.62 bits per heavy atom. The number of pyridine rings is 1. The molecule has 1 atom stereocenters. The van der Waals surface area contributed by atoms with Crippen LogP contribution >= 0.6 is 23.2 Å². The van der Waals surface area contributed by atoms with Crippen molar-refractivity contribution in [3.63, 3.8) is 0 Å². The number of halogens is 2. The number of rotatable bonds is 7. The van der Waals surface area contributed by atoms with Gasteiger partial charge in [-0.2, -0.15) is 15.0 Å². The van der Waals surface area contributed by atoms with E-state index in [1.165, 1.54) is 11.0 Å². The minimum Gasteiger partial charge on any atom is -0.396 e. The topological polar surface area (TPSA) is 102 Å². The molecule has 0 spiro atoms. The normalized spacial score (nSPS) is 11.9. The lowest BCUT2D eigenvalue weighted by Crippen LogP contribution is -2.41. The van der Waals surface area contributed by atoms with E-state index < -0.39 is 0 Å². The van der Waals surface area contributed by atoms with Crippen LogP contribution in [-0.4, -0.2) is 50.4 Å². The van der Waals surface area contributed by atoms with Gasteiger partial charge in [0, 0.05) is 30.9 Å². The van der Waals surface area contributed by atoms with E-state index >= 15 is 0 Å². The van der Waals surface area contributed by atoms with Crippen molar-refractivity contribution >= 4 is 40.6 Å². The molecule has 0 unspecified atom stereocenters. The predicted octanol–water partition coefficient (Wildman–Crippen LogP) is 3.51. The summed E-state index contributed by atoms with van der Waals surface area (Å²) in [7, 11) is 1.75. The van der Waals surface area contributed by atoms with Gasteiger partial charge >= 0.3 is 0 Å². The molecule has 0 aliphatic carbocycles. The van der Waals surface area contributed by atoms with E-state index in [0.29, 0.717) is 39.3 Å². The van der Waals surface area contributed by atoms with Crippen molar-refractivity contribution in [1.29, 1.82) is 0 Å². The first-order chi connectivity index (χ1) is 13.9. The Morgan fingerprint density at radius 2 is 1.97 bits per heavy atom. The highest BCUT2D eigenvalue weighted by atomic mass is 35.5. The first kappa shape index (κ1) is 20.9. The number of aromatic nitrogens is 4. The molecule has 3 aromatic rings. The van der Waals surface area contributed by atoms with Gasteiger partial charge in [-0.05, 0) is 30.7 Å². The molecule has 29 heavy (non-hydrogen) atoms. The first-order valence-electron chi connectivity index (χ1n) is 8.99. The third-order valence-electron chi connectivity index (χ3n) is 4.55. The molecule has 3 rings (SSSR count). The maximum atomic E-state index is 13.2. The third-order valence-corrected chi connectivity index (χ3v) is 4.99. The maximum absolute atomic E-state index is 13.2. The number of hydrogen-bond acceptors (Lipinski definition) is 6. The van der Waals surface area contributed by atoms with E-state index in [0.717, 1.165) is 6.42 Å². The van der Waals surface area contributed by atoms with Crippen LogP contribution in [0.3, 0.4) is 0 Å². The molecule has 8 nitrogen and oxygen atoms in total. The van der Waals surface area contributed by atoms with E-state index in [-0.39, 0.29) is 11.9 Å². The Bertz CT molecular complexity index is 994. The molecular formula is C19H21Cl2N7O. The quantitative estimate of drug-likeness (QED) is 0.590. The van der Waals surface area contributed by atoms with Gasteiger partial charge in [0.1, 0.15) is 5.82 Å². The van der Waals surface area contributed by atoms with Crippen molar-refractivity contribution in [2.45, 2.75) is 19.4 Å². The van der Waals surface area contributed by atoms with Crippen LogP contribution in [0, 0.1) is 0 Å². The van der Waals surface area contributed by atoms with Crippen LogP contribution in [0.25, 0.3) is 5.69 Å². The number of nitrogens with one attached hydrogen (secondary N) is 1. The Morgan fingerprint density at radius 1 is 1.24 bits per heavy atom. The molecule has 1 amide bonds. The summed E-state index contributed by atoms with van der Waals surface area (Å²) in [5.41, 5.74) is 7.37. The minimum atomic E-state index is -0.189. The zero-order valence-electron chi connectivity index (χ0n) is 16.0. The fourth-order valence-corrected chi connectivity index (χ4v) is 3.26. The summed E-state index contributed by atoms with van der Waals surface area (Å²) in [4.78, 5) is 20.5. The number of nitrogens with two attached hydrogens (primary N) is 1. The summed E-state index contributed by atoms with van der Waals surface area (Å²) in [6.45, 7) is 2.47. The lowest BCUT2D eigenvalue weighted by molar-refractivity contribution is 0.0735. The number of benzene rings is 1. The van der Waals surface area contributed by atoms with Crippen molar-refractivity contribution in [3.05, 3.63) is 58.5 Å². The monoisotopic (exact) mass is 433 g/mol. The highest BCUT2D eigenvalue weighted by molar-refractivity contribution is 6.31. The van der Waals surface area contributed by atoms with Crippen LogP contribution < -0.4 is 11.1 Å². The maximum Gasteiger partial charge on any atom is 0.256 e. The summed E-state index contributed by atoms with van der Waals surface area (Å²) in [5, 5.41) is 12.4. The van der Waals surface area contributed by atoms with Crippen LogP contribution in [0.2, 0.25) is 10.0 Å². The second kappa shape index (κ2) is 9.11. The molecule has 2 heterocycles. The average molecular weight is 434 g/mol. The molecular weight excluding hydrogens is 413 g/mol. The molecule has 0 bridgehead atoms. The van der Waals surface area contributed by atoms with Gasteiger partial charge < -0.3 is 16.0 Å². The summed E-state index contributed by atoms with van der Waals surface area (Å²) < 4.78 is 0. The van der Waals surface area contributed by atoms with E-state index in [1.807, 2.05) is 6.92 Å². The number of amides is 1. The highest BCUT2D eigenvalue weighted by Crippen LogP contribution is 2.23. The number of nitrogens with zero attached hydrogens (tertiary/aromatic N) is 5. The van der Waals surface area contributed by atoms with Gasteiger partial charge in [-0.25, -0.2) is 4.98 Å². The van der Waals surface area contributed by atoms with Crippen molar-refractivity contribution in [1.82, 2.24) is 24.9 Å². The summed E-state index contributed by atoms with van der Waals surface area (Å²) >= 11 is 12.0. The zero-order chi connectivity index (χ0) is 21.0. The largest absolute Gasteiger partial charge is 0.396 e. The Hall–Kier alpha value is -2.84. The fourth-order valence-electron chi connectivity index (χ4n) is 2.92. The molecule has 0 saturated heterocycles. The second-order valence-electron chi connectivity index (χ2n) is 6.43. The van der Waals surface area contributed by atoms with Crippen molar-refractivity contribution < 1.29 is 4.79 Å². The molecule has 0 fully saturated rings. The van der Waals surface area contributed by atoms with Gasteiger partial charge in [-0.15, -0.1) is 0 Å². The standard InChI is InChI=1S/C19H21Cl2N7O/c1-3-14(11-24-18-16(22)9-13(21)10-23-18)27(2)19(29)15-8-12(20)4-5-17(15)28-25-6-7-26-28/h4-10,14H,3,11,22H2,1-2H3,(H,23,24)/t14-/m0/s1. The molecule has 0 saturated carbocycles. The number of anilines is 2. The van der Waals surface area contributed by atoms with Gasteiger partial charge in [-0.3, -0.25) is 4.79 Å². The molecule has 1 aromatic carbocycles. The predicted molar refractivity (Wildman–Crippen MR) is 115 cm³/mol. The Labute approximate surface area is 178 Å². The number of carbonyl (C=O) groups is 1. The number of hydrogen-bond donors (Lipinski definition) is 2. The Kier molecular flexibility index (Phi) is 6.56. The minimum absolute atomic E-state index is 0.114. The van der Waals surface area contributed by atoms with Crippen molar-refractivity contribution in [3.8, 4) is 5.69 Å². The van der Waals surface area contributed by atoms with Gasteiger partial charge in [0.15, 0.2) is 0 Å². The fraction of sp³-hybridized carbons (Fsp3) is 0.263. The van der Waals surface area contributed by atoms with Crippen molar-refractivity contribution in [2.24, 2.45) is 0 Å². The molecule has 152 valence electrons. The first-order valence-corrected chi connectivity index (χ1v) is 9.74. The van der Waals surface area contributed by atoms with Gasteiger partial charge in [0.25, 0.3) is 5.91 Å². The van der Waals surface area contributed by atoms with E-state index in [4.69, 9.17) is 28.9 Å². The van der Waals surface area contributed by atoms with Gasteiger partial charge in [0.2, 0.25) is 0 Å². The number of carbonyl (C=O) groups excluding carboxylic acids is 1. The van der Waals surface area contributed by atoms with E-state index in [9.17, 15) is 4.79 Å². The van der Waals surface area contributed by atoms with E-state index in [1.54, 1.807) is 48.6 Å². The van der Waals surface area contributed by atoms with Gasteiger partial charge in [-0.1, -0.05) is 30.1 Å². The molecule has 0 aliphatic rings. The van der Waals surface area contributed by atoms with Gasteiger partial charge in [0.05, 0.1) is 34.4 Å². The molecule has 2 aromatic heterocycles. The average Bonchev–Trinajstić information content (AvgIpc) is 3.23. The highest BCUT2D eigenvalue weighted by Gasteiger charge is 2.24. The lowest BCUT2D eigenvalue weighted by Gasteiger charge is -2.28. The number of nitrogen functional groups attached to an aromatic ring is 1. The van der Waals surface area contributed by atoms with E-state index in [2.05, 4.69) is 20.5 Å². The van der Waals surface area contributed by atoms with Crippen LogP contribution in [0.15, 0.2) is 42.9 Å². The molecule has 3 N–H and O–H groups in total. The van der Waals surface area contributed by atoms with Crippen molar-refractivity contribution in [2.75, 3.05) is 24.6 Å². The summed E-state index contributed by atoms with van der Waals surface area (Å²) in [6.07, 6.45) is 5.34. The van der Waals surface area contributed by atoms with Crippen LogP contribution in [-0.2, 0) is 0 Å². The summed E-state index contributed by atoms with van der Waals surface area (Å²) in [5.74, 6) is 0.336. The molecule has 10 heteroatoms. The van der Waals surface area contributed by atoms with Crippen LogP contribution in [0.5, 0.6) is 0 Å². The second-order valence-corrected chi connectivity index (χ2v) is 7.30. The third kappa shape index (κ3) is 4.78. The smallest absolute Gasteiger partial charge is 0.256 e. The van der Waals surface area contributed by atoms with Crippen LogP contribution in [0.1, 0.15) is 23.7 Å². The SMILES string of the molecule is CC[C@@H](CNc1ncc(Cl)cc1N)N(C)C(=O)c1cc(Cl)ccc1-n1nccn1. The zero-order valence-corrected chi connectivity index (χ0v) is 17.5. The Balaban J connectivity index is 1.80.